The van der Waals surface area contributed by atoms with Gasteiger partial charge >= 0.3 is 5.69 Å². The Balaban J connectivity index is 2.42. The third kappa shape index (κ3) is 2.80. The number of fused-ring (bicyclic) bond motifs is 1. The molecule has 140 valence electrons. The highest BCUT2D eigenvalue weighted by molar-refractivity contribution is 6.06. The maximum absolute atomic E-state index is 12.9. The Morgan fingerprint density at radius 1 is 1.22 bits per heavy atom. The van der Waals surface area contributed by atoms with Gasteiger partial charge in [0.05, 0.1) is 16.4 Å². The summed E-state index contributed by atoms with van der Waals surface area (Å²) < 4.78 is 2.21. The van der Waals surface area contributed by atoms with Crippen LogP contribution < -0.4 is 11.2 Å². The van der Waals surface area contributed by atoms with Crippen molar-refractivity contribution in [2.45, 2.75) is 19.8 Å². The van der Waals surface area contributed by atoms with E-state index in [1.54, 1.807) is 13.0 Å². The van der Waals surface area contributed by atoms with Gasteiger partial charge in [-0.25, -0.2) is 9.79 Å². The van der Waals surface area contributed by atoms with Gasteiger partial charge in [0.25, 0.3) is 11.2 Å². The third-order valence-electron chi connectivity index (χ3n) is 4.92. The molecule has 27 heavy (non-hydrogen) atoms. The Bertz CT molecular complexity index is 1130. The number of carbonyl (C=O) groups is 1. The van der Waals surface area contributed by atoms with Crippen LogP contribution in [0.15, 0.2) is 38.8 Å². The molecule has 1 aliphatic rings. The highest BCUT2D eigenvalue weighted by Gasteiger charge is 2.39. The van der Waals surface area contributed by atoms with E-state index in [1.807, 2.05) is 0 Å². The van der Waals surface area contributed by atoms with Crippen LogP contribution in [0.3, 0.4) is 0 Å². The topological polar surface area (TPSA) is 117 Å². The highest BCUT2D eigenvalue weighted by atomic mass is 16.6. The van der Waals surface area contributed by atoms with Crippen LogP contribution in [0.25, 0.3) is 0 Å². The molecule has 0 amide bonds. The third-order valence-corrected chi connectivity index (χ3v) is 4.92. The zero-order chi connectivity index (χ0) is 20.0. The maximum atomic E-state index is 12.9. The molecule has 0 bridgehead atoms. The summed E-state index contributed by atoms with van der Waals surface area (Å²) in [7, 11) is 2.85. The number of Topliss-reactive ketones (excluding diaryl/α,β-unsaturated/α-hetero) is 1. The minimum absolute atomic E-state index is 0.141. The minimum Gasteiger partial charge on any atom is -0.299 e. The van der Waals surface area contributed by atoms with E-state index in [9.17, 15) is 24.5 Å². The van der Waals surface area contributed by atoms with Crippen molar-refractivity contribution < 1.29 is 9.72 Å². The molecule has 0 spiro atoms. The molecule has 0 saturated heterocycles. The molecule has 2 unspecified atom stereocenters. The molecule has 9 heteroatoms. The largest absolute Gasteiger partial charge is 0.332 e. The fourth-order valence-corrected chi connectivity index (χ4v) is 3.63. The lowest BCUT2D eigenvalue weighted by Gasteiger charge is -2.31. The Kier molecular flexibility index (Phi) is 4.38. The number of aromatic nitrogens is 2. The number of nitro benzene ring substituents is 1. The smallest absolute Gasteiger partial charge is 0.299 e. The van der Waals surface area contributed by atoms with E-state index in [2.05, 4.69) is 4.99 Å². The number of benzene rings is 1. The molecule has 0 saturated carbocycles. The zero-order valence-corrected chi connectivity index (χ0v) is 15.3. The van der Waals surface area contributed by atoms with Crippen LogP contribution in [0.1, 0.15) is 30.9 Å². The molecule has 2 atom stereocenters. The number of nitrogens with zero attached hydrogens (tertiary/aromatic N) is 4. The molecular formula is C18H18N4O5. The van der Waals surface area contributed by atoms with E-state index >= 15 is 0 Å². The number of rotatable bonds is 3. The van der Waals surface area contributed by atoms with Gasteiger partial charge in [0.1, 0.15) is 11.6 Å². The van der Waals surface area contributed by atoms with Crippen molar-refractivity contribution in [3.63, 3.8) is 0 Å². The monoisotopic (exact) mass is 370 g/mol. The van der Waals surface area contributed by atoms with Crippen molar-refractivity contribution >= 4 is 23.0 Å². The normalized spacial score (nSPS) is 18.6. The lowest BCUT2D eigenvalue weighted by Crippen LogP contribution is -2.43. The van der Waals surface area contributed by atoms with Crippen LogP contribution in [-0.4, -0.2) is 25.6 Å². The molecular weight excluding hydrogens is 352 g/mol. The molecule has 2 heterocycles. The predicted molar refractivity (Wildman–Crippen MR) is 98.8 cm³/mol. The van der Waals surface area contributed by atoms with Gasteiger partial charge in [0, 0.05) is 37.9 Å². The van der Waals surface area contributed by atoms with E-state index in [0.717, 1.165) is 4.57 Å². The van der Waals surface area contributed by atoms with Crippen LogP contribution in [0.4, 0.5) is 11.5 Å². The van der Waals surface area contributed by atoms with Crippen LogP contribution in [-0.2, 0) is 18.9 Å². The second-order valence-corrected chi connectivity index (χ2v) is 6.61. The number of hydrogen-bond donors (Lipinski definition) is 0. The molecule has 1 aromatic carbocycles. The standard InChI is InChI=1S/C18H18N4O5/c1-9-13(10(2)23)14(11-6-5-7-12(8-11)22(26)27)15-16(19-9)20(3)18(25)21(4)17(15)24/h5-8,13-14H,1-4H3. The van der Waals surface area contributed by atoms with Gasteiger partial charge in [-0.15, -0.1) is 0 Å². The predicted octanol–water partition coefficient (Wildman–Crippen LogP) is 1.44. The summed E-state index contributed by atoms with van der Waals surface area (Å²) >= 11 is 0. The molecule has 0 radical (unpaired) electrons. The number of carbonyl (C=O) groups excluding carboxylic acids is 1. The summed E-state index contributed by atoms with van der Waals surface area (Å²) in [6.45, 7) is 3.05. The van der Waals surface area contributed by atoms with Crippen LogP contribution in [0.2, 0.25) is 0 Å². The Labute approximate surface area is 153 Å². The molecule has 0 aliphatic carbocycles. The van der Waals surface area contributed by atoms with Crippen molar-refractivity contribution in [1.82, 2.24) is 9.13 Å². The van der Waals surface area contributed by atoms with Crippen LogP contribution in [0.5, 0.6) is 0 Å². The van der Waals surface area contributed by atoms with E-state index in [-0.39, 0.29) is 22.9 Å². The quantitative estimate of drug-likeness (QED) is 0.598. The number of non-ortho nitro benzene ring substituents is 1. The van der Waals surface area contributed by atoms with Gasteiger partial charge in [0.2, 0.25) is 0 Å². The first-order valence-electron chi connectivity index (χ1n) is 8.25. The zero-order valence-electron chi connectivity index (χ0n) is 15.3. The summed E-state index contributed by atoms with van der Waals surface area (Å²) in [6, 6.07) is 5.85. The molecule has 0 N–H and O–H groups in total. The number of ketones is 1. The molecule has 1 aromatic heterocycles. The number of aliphatic imine (C=N–C) groups is 1. The minimum atomic E-state index is -0.764. The first-order valence-corrected chi connectivity index (χ1v) is 8.25. The summed E-state index contributed by atoms with van der Waals surface area (Å²) in [4.78, 5) is 52.6. The molecule has 3 rings (SSSR count). The van der Waals surface area contributed by atoms with Crippen LogP contribution in [0, 0.1) is 16.0 Å². The van der Waals surface area contributed by atoms with Crippen molar-refractivity contribution in [2.75, 3.05) is 0 Å². The Morgan fingerprint density at radius 2 is 1.89 bits per heavy atom. The van der Waals surface area contributed by atoms with E-state index in [0.29, 0.717) is 11.3 Å². The number of nitro groups is 1. The summed E-state index contributed by atoms with van der Waals surface area (Å²) in [5.41, 5.74) is -0.143. The van der Waals surface area contributed by atoms with Crippen molar-refractivity contribution in [2.24, 2.45) is 25.0 Å². The average molecular weight is 370 g/mol. The highest BCUT2D eigenvalue weighted by Crippen LogP contribution is 2.41. The summed E-state index contributed by atoms with van der Waals surface area (Å²) in [6.07, 6.45) is 0. The fourth-order valence-electron chi connectivity index (χ4n) is 3.63. The van der Waals surface area contributed by atoms with Gasteiger partial charge in [-0.1, -0.05) is 12.1 Å². The first-order chi connectivity index (χ1) is 12.6. The van der Waals surface area contributed by atoms with Gasteiger partial charge in [-0.3, -0.25) is 28.8 Å². The van der Waals surface area contributed by atoms with Crippen molar-refractivity contribution in [3.05, 3.63) is 66.3 Å². The Morgan fingerprint density at radius 3 is 2.48 bits per heavy atom. The lowest BCUT2D eigenvalue weighted by molar-refractivity contribution is -0.384. The molecule has 0 fully saturated rings. The van der Waals surface area contributed by atoms with Crippen molar-refractivity contribution in [1.29, 1.82) is 0 Å². The van der Waals surface area contributed by atoms with E-state index in [1.165, 1.54) is 43.8 Å². The van der Waals surface area contributed by atoms with Gasteiger partial charge < -0.3 is 0 Å². The molecule has 9 nitrogen and oxygen atoms in total. The lowest BCUT2D eigenvalue weighted by atomic mass is 9.75. The van der Waals surface area contributed by atoms with Gasteiger partial charge in [0.15, 0.2) is 0 Å². The second-order valence-electron chi connectivity index (χ2n) is 6.61. The van der Waals surface area contributed by atoms with Gasteiger partial charge in [-0.05, 0) is 19.4 Å². The summed E-state index contributed by atoms with van der Waals surface area (Å²) in [5.74, 6) is -1.55. The second kappa shape index (κ2) is 6.42. The molecule has 2 aromatic rings. The van der Waals surface area contributed by atoms with Crippen molar-refractivity contribution in [3.8, 4) is 0 Å². The van der Waals surface area contributed by atoms with E-state index < -0.39 is 28.0 Å². The van der Waals surface area contributed by atoms with Gasteiger partial charge in [-0.2, -0.15) is 0 Å². The van der Waals surface area contributed by atoms with Crippen LogP contribution >= 0.6 is 0 Å². The molecule has 1 aliphatic heterocycles. The van der Waals surface area contributed by atoms with E-state index in [4.69, 9.17) is 0 Å². The summed E-state index contributed by atoms with van der Waals surface area (Å²) in [5, 5.41) is 11.2. The first kappa shape index (κ1) is 18.4. The SMILES string of the molecule is CC(=O)C1C(C)=Nc2c(c(=O)n(C)c(=O)n2C)C1c1cccc([N+](=O)[O-])c1. The number of hydrogen-bond acceptors (Lipinski definition) is 6. The Hall–Kier alpha value is -3.36. The average Bonchev–Trinajstić information content (AvgIpc) is 2.63. The maximum Gasteiger partial charge on any atom is 0.332 e. The fraction of sp³-hybridized carbons (Fsp3) is 0.333.